The molecule has 3 rings (SSSR count). The summed E-state index contributed by atoms with van der Waals surface area (Å²) in [6, 6.07) is 10.8. The van der Waals surface area contributed by atoms with Crippen LogP contribution in [0.1, 0.15) is 40.3 Å². The molecule has 1 aliphatic rings. The van der Waals surface area contributed by atoms with Crippen LogP contribution in [0.2, 0.25) is 0 Å². The number of aliphatic hydroxyl groups excluding tert-OH is 1. The summed E-state index contributed by atoms with van der Waals surface area (Å²) in [6.45, 7) is 6.98. The summed E-state index contributed by atoms with van der Waals surface area (Å²) in [7, 11) is 5.48. The van der Waals surface area contributed by atoms with E-state index >= 15 is 0 Å². The average molecular weight is 437 g/mol. The monoisotopic (exact) mass is 436 g/mol. The lowest BCUT2D eigenvalue weighted by atomic mass is 9.93. The third-order valence-electron chi connectivity index (χ3n) is 5.78. The molecule has 32 heavy (non-hydrogen) atoms. The number of carbonyl (C=O) groups excluding carboxylic acids is 2. The maximum atomic E-state index is 13.2. The Morgan fingerprint density at radius 3 is 2.44 bits per heavy atom. The second-order valence-corrected chi connectivity index (χ2v) is 8.73. The average Bonchev–Trinajstić information content (AvgIpc) is 2.97. The van der Waals surface area contributed by atoms with Crippen molar-refractivity contribution in [3.63, 3.8) is 0 Å². The topological polar surface area (TPSA) is 70.1 Å². The molecule has 1 saturated heterocycles. The van der Waals surface area contributed by atoms with E-state index in [-0.39, 0.29) is 11.3 Å². The standard InChI is InChI=1S/C26H32N2O4/c1-16-9-7-10-19(14-16)22-21(24(30)26(31)28(22)12-8-11-27(4)5)23(29)20-15-17(2)13-18(3)25(20)32-6/h7,9-10,13-15,22,29H,8,11-12H2,1-6H3/b23-21+. The van der Waals surface area contributed by atoms with Crippen molar-refractivity contribution >= 4 is 17.4 Å². The van der Waals surface area contributed by atoms with E-state index in [2.05, 4.69) is 0 Å². The van der Waals surface area contributed by atoms with Crippen molar-refractivity contribution in [2.75, 3.05) is 34.3 Å². The van der Waals surface area contributed by atoms with Gasteiger partial charge in [0.05, 0.1) is 24.3 Å². The zero-order valence-electron chi connectivity index (χ0n) is 19.7. The Kier molecular flexibility index (Phi) is 7.04. The van der Waals surface area contributed by atoms with Gasteiger partial charge in [0.1, 0.15) is 11.5 Å². The van der Waals surface area contributed by atoms with Crippen molar-refractivity contribution in [2.24, 2.45) is 0 Å². The van der Waals surface area contributed by atoms with Gasteiger partial charge in [-0.25, -0.2) is 0 Å². The number of methoxy groups -OCH3 is 1. The van der Waals surface area contributed by atoms with Gasteiger partial charge in [-0.15, -0.1) is 0 Å². The quantitative estimate of drug-likeness (QED) is 0.404. The summed E-state index contributed by atoms with van der Waals surface area (Å²) in [6.07, 6.45) is 0.718. The van der Waals surface area contributed by atoms with Crippen molar-refractivity contribution in [1.29, 1.82) is 0 Å². The minimum absolute atomic E-state index is 0.105. The van der Waals surface area contributed by atoms with Gasteiger partial charge in [0.2, 0.25) is 0 Å². The number of amides is 1. The molecule has 1 unspecified atom stereocenters. The number of rotatable bonds is 7. The lowest BCUT2D eigenvalue weighted by molar-refractivity contribution is -0.139. The lowest BCUT2D eigenvalue weighted by Gasteiger charge is -2.26. The number of ether oxygens (including phenoxy) is 1. The predicted octanol–water partition coefficient (Wildman–Crippen LogP) is 3.99. The smallest absolute Gasteiger partial charge is 0.295 e. The number of hydrogen-bond donors (Lipinski definition) is 1. The van der Waals surface area contributed by atoms with Gasteiger partial charge >= 0.3 is 0 Å². The van der Waals surface area contributed by atoms with Crippen LogP contribution < -0.4 is 4.74 Å². The Balaban J connectivity index is 2.20. The zero-order valence-corrected chi connectivity index (χ0v) is 19.7. The highest BCUT2D eigenvalue weighted by molar-refractivity contribution is 6.46. The second-order valence-electron chi connectivity index (χ2n) is 8.73. The van der Waals surface area contributed by atoms with Crippen LogP contribution in [0.15, 0.2) is 42.0 Å². The molecule has 6 nitrogen and oxygen atoms in total. The van der Waals surface area contributed by atoms with Crippen LogP contribution >= 0.6 is 0 Å². The second kappa shape index (κ2) is 9.57. The number of Topliss-reactive ketones (excluding diaryl/α,β-unsaturated/α-hetero) is 1. The number of nitrogens with zero attached hydrogens (tertiary/aromatic N) is 2. The first-order chi connectivity index (χ1) is 15.1. The highest BCUT2D eigenvalue weighted by atomic mass is 16.5. The molecule has 0 radical (unpaired) electrons. The first kappa shape index (κ1) is 23.5. The molecule has 0 bridgehead atoms. The van der Waals surface area contributed by atoms with E-state index in [1.807, 2.05) is 70.1 Å². The van der Waals surface area contributed by atoms with Crippen molar-refractivity contribution in [3.05, 3.63) is 69.8 Å². The van der Waals surface area contributed by atoms with Gasteiger partial charge in [0.15, 0.2) is 0 Å². The molecular formula is C26H32N2O4. The zero-order chi connectivity index (χ0) is 23.6. The van der Waals surface area contributed by atoms with Crippen LogP contribution in [0.3, 0.4) is 0 Å². The molecule has 170 valence electrons. The van der Waals surface area contributed by atoms with Crippen LogP contribution in [-0.2, 0) is 9.59 Å². The Hall–Kier alpha value is -3.12. The summed E-state index contributed by atoms with van der Waals surface area (Å²) in [5.41, 5.74) is 4.13. The van der Waals surface area contributed by atoms with Crippen LogP contribution in [0.5, 0.6) is 5.75 Å². The highest BCUT2D eigenvalue weighted by Gasteiger charge is 2.46. The summed E-state index contributed by atoms with van der Waals surface area (Å²) in [5.74, 6) is -0.955. The molecule has 6 heteroatoms. The molecule has 1 amide bonds. The van der Waals surface area contributed by atoms with E-state index in [4.69, 9.17) is 4.74 Å². The number of likely N-dealkylation sites (tertiary alicyclic amines) is 1. The molecule has 0 spiro atoms. The fourth-order valence-corrected chi connectivity index (χ4v) is 4.40. The molecule has 1 aliphatic heterocycles. The van der Waals surface area contributed by atoms with Gasteiger partial charge in [0.25, 0.3) is 11.7 Å². The van der Waals surface area contributed by atoms with E-state index in [0.717, 1.165) is 35.2 Å². The third kappa shape index (κ3) is 4.55. The fraction of sp³-hybridized carbons (Fsp3) is 0.385. The lowest BCUT2D eigenvalue weighted by Crippen LogP contribution is -2.32. The molecular weight excluding hydrogens is 404 g/mol. The van der Waals surface area contributed by atoms with Crippen molar-refractivity contribution in [3.8, 4) is 5.75 Å². The van der Waals surface area contributed by atoms with Crippen LogP contribution in [-0.4, -0.2) is 60.9 Å². The van der Waals surface area contributed by atoms with E-state index < -0.39 is 17.7 Å². The van der Waals surface area contributed by atoms with Crippen molar-refractivity contribution in [1.82, 2.24) is 9.80 Å². The maximum Gasteiger partial charge on any atom is 0.295 e. The predicted molar refractivity (Wildman–Crippen MR) is 126 cm³/mol. The Labute approximate surface area is 190 Å². The summed E-state index contributed by atoms with van der Waals surface area (Å²) in [4.78, 5) is 29.9. The number of carbonyl (C=O) groups is 2. The fourth-order valence-electron chi connectivity index (χ4n) is 4.40. The van der Waals surface area contributed by atoms with Gasteiger partial charge in [0, 0.05) is 6.54 Å². The Bertz CT molecular complexity index is 1070. The van der Waals surface area contributed by atoms with Gasteiger partial charge < -0.3 is 19.6 Å². The summed E-state index contributed by atoms with van der Waals surface area (Å²) < 4.78 is 5.54. The molecule has 0 aromatic heterocycles. The van der Waals surface area contributed by atoms with Crippen LogP contribution in [0, 0.1) is 20.8 Å². The largest absolute Gasteiger partial charge is 0.507 e. The first-order valence-corrected chi connectivity index (χ1v) is 10.8. The summed E-state index contributed by atoms with van der Waals surface area (Å²) >= 11 is 0. The molecule has 2 aromatic rings. The van der Waals surface area contributed by atoms with Gasteiger partial charge in [-0.3, -0.25) is 9.59 Å². The number of aliphatic hydroxyl groups is 1. The molecule has 1 fully saturated rings. The number of benzene rings is 2. The molecule has 0 saturated carbocycles. The molecule has 1 atom stereocenters. The van der Waals surface area contributed by atoms with E-state index in [1.54, 1.807) is 11.0 Å². The molecule has 0 aliphatic carbocycles. The molecule has 1 heterocycles. The van der Waals surface area contributed by atoms with Crippen molar-refractivity contribution in [2.45, 2.75) is 33.2 Å². The molecule has 1 N–H and O–H groups in total. The first-order valence-electron chi connectivity index (χ1n) is 10.8. The minimum atomic E-state index is -0.667. The van der Waals surface area contributed by atoms with E-state index in [1.165, 1.54) is 7.11 Å². The Morgan fingerprint density at radius 2 is 1.81 bits per heavy atom. The van der Waals surface area contributed by atoms with Gasteiger partial charge in [-0.05, 0) is 70.6 Å². The summed E-state index contributed by atoms with van der Waals surface area (Å²) in [5, 5.41) is 11.4. The Morgan fingerprint density at radius 1 is 1.09 bits per heavy atom. The SMILES string of the molecule is COc1c(C)cc(C)cc1/C(O)=C1\C(=O)C(=O)N(CCCN(C)C)C1c1cccc(C)c1. The highest BCUT2D eigenvalue weighted by Crippen LogP contribution is 2.42. The third-order valence-corrected chi connectivity index (χ3v) is 5.78. The number of hydrogen-bond acceptors (Lipinski definition) is 5. The molecule has 2 aromatic carbocycles. The maximum absolute atomic E-state index is 13.2. The van der Waals surface area contributed by atoms with Crippen LogP contribution in [0.4, 0.5) is 0 Å². The normalized spacial score (nSPS) is 18.0. The van der Waals surface area contributed by atoms with Gasteiger partial charge in [-0.1, -0.05) is 35.9 Å². The minimum Gasteiger partial charge on any atom is -0.507 e. The van der Waals surface area contributed by atoms with Crippen molar-refractivity contribution < 1.29 is 19.4 Å². The van der Waals surface area contributed by atoms with Gasteiger partial charge in [-0.2, -0.15) is 0 Å². The number of ketones is 1. The van der Waals surface area contributed by atoms with E-state index in [0.29, 0.717) is 17.9 Å². The van der Waals surface area contributed by atoms with E-state index in [9.17, 15) is 14.7 Å². The van der Waals surface area contributed by atoms with Crippen LogP contribution in [0.25, 0.3) is 5.76 Å². The number of aryl methyl sites for hydroxylation is 3.